The Morgan fingerprint density at radius 2 is 1.43 bits per heavy atom. The van der Waals surface area contributed by atoms with Crippen LogP contribution >= 0.6 is 0 Å². The zero-order valence-electron chi connectivity index (χ0n) is 11.9. The molecule has 0 atom stereocenters. The van der Waals surface area contributed by atoms with Gasteiger partial charge in [-0.3, -0.25) is 0 Å². The van der Waals surface area contributed by atoms with Crippen molar-refractivity contribution in [3.8, 4) is 22.6 Å². The highest BCUT2D eigenvalue weighted by Gasteiger charge is 2.18. The first-order valence-electron chi connectivity index (χ1n) is 6.65. The van der Waals surface area contributed by atoms with E-state index in [1.54, 1.807) is 19.2 Å². The summed E-state index contributed by atoms with van der Waals surface area (Å²) in [6, 6.07) is 16.5. The van der Waals surface area contributed by atoms with E-state index in [0.29, 0.717) is 22.6 Å². The molecule has 106 valence electrons. The molecule has 0 N–H and O–H groups in total. The SMILES string of the molecule is COc1cccc(F)c1-c1c(OC)ccc2ccccc12. The Hall–Kier alpha value is -2.55. The molecule has 21 heavy (non-hydrogen) atoms. The van der Waals surface area contributed by atoms with Crippen molar-refractivity contribution in [2.45, 2.75) is 0 Å². The molecule has 0 unspecified atom stereocenters. The first kappa shape index (κ1) is 13.4. The number of rotatable bonds is 3. The van der Waals surface area contributed by atoms with Gasteiger partial charge in [0.05, 0.1) is 19.8 Å². The Kier molecular flexibility index (Phi) is 3.48. The van der Waals surface area contributed by atoms with E-state index in [0.717, 1.165) is 10.8 Å². The predicted molar refractivity (Wildman–Crippen MR) is 82.4 cm³/mol. The van der Waals surface area contributed by atoms with E-state index in [2.05, 4.69) is 0 Å². The average Bonchev–Trinajstić information content (AvgIpc) is 2.53. The quantitative estimate of drug-likeness (QED) is 0.695. The lowest BCUT2D eigenvalue weighted by atomic mass is 9.96. The Morgan fingerprint density at radius 3 is 2.19 bits per heavy atom. The molecule has 2 nitrogen and oxygen atoms in total. The molecule has 0 aliphatic heterocycles. The first-order chi connectivity index (χ1) is 10.3. The maximum Gasteiger partial charge on any atom is 0.134 e. The molecule has 0 fully saturated rings. The smallest absolute Gasteiger partial charge is 0.134 e. The Bertz CT molecular complexity index is 796. The standard InChI is InChI=1S/C18H15FO2/c1-20-15-9-5-8-14(19)18(15)17-13-7-4-3-6-12(13)10-11-16(17)21-2/h3-11H,1-2H3. The van der Waals surface area contributed by atoms with Gasteiger partial charge >= 0.3 is 0 Å². The lowest BCUT2D eigenvalue weighted by Crippen LogP contribution is -1.95. The molecule has 0 amide bonds. The molecular formula is C18H15FO2. The summed E-state index contributed by atoms with van der Waals surface area (Å²) in [5.41, 5.74) is 1.14. The van der Waals surface area contributed by atoms with Gasteiger partial charge < -0.3 is 9.47 Å². The summed E-state index contributed by atoms with van der Waals surface area (Å²) in [5.74, 6) is 0.783. The highest BCUT2D eigenvalue weighted by molar-refractivity contribution is 6.01. The number of benzene rings is 3. The van der Waals surface area contributed by atoms with Gasteiger partial charge in [-0.1, -0.05) is 36.4 Å². The van der Waals surface area contributed by atoms with Gasteiger partial charge in [-0.05, 0) is 29.0 Å². The van der Waals surface area contributed by atoms with Gasteiger partial charge in [-0.15, -0.1) is 0 Å². The van der Waals surface area contributed by atoms with Crippen LogP contribution < -0.4 is 9.47 Å². The highest BCUT2D eigenvalue weighted by atomic mass is 19.1. The maximum absolute atomic E-state index is 14.4. The third-order valence-electron chi connectivity index (χ3n) is 3.56. The third-order valence-corrected chi connectivity index (χ3v) is 3.56. The zero-order valence-corrected chi connectivity index (χ0v) is 11.9. The molecule has 0 saturated carbocycles. The minimum Gasteiger partial charge on any atom is -0.496 e. The second-order valence-electron chi connectivity index (χ2n) is 4.68. The van der Waals surface area contributed by atoms with Crippen LogP contribution in [0.1, 0.15) is 0 Å². The fraction of sp³-hybridized carbons (Fsp3) is 0.111. The van der Waals surface area contributed by atoms with Crippen molar-refractivity contribution in [2.75, 3.05) is 14.2 Å². The summed E-state index contributed by atoms with van der Waals surface area (Å²) < 4.78 is 25.2. The minimum absolute atomic E-state index is 0.330. The molecule has 0 aliphatic rings. The van der Waals surface area contributed by atoms with Crippen molar-refractivity contribution in [1.29, 1.82) is 0 Å². The summed E-state index contributed by atoms with van der Waals surface area (Å²) in [5, 5.41) is 1.96. The molecule has 3 heteroatoms. The molecule has 3 rings (SSSR count). The fourth-order valence-electron chi connectivity index (χ4n) is 2.60. The van der Waals surface area contributed by atoms with Crippen LogP contribution in [0.5, 0.6) is 11.5 Å². The number of fused-ring (bicyclic) bond motifs is 1. The first-order valence-corrected chi connectivity index (χ1v) is 6.65. The Labute approximate surface area is 122 Å². The summed E-state index contributed by atoms with van der Waals surface area (Å²) >= 11 is 0. The van der Waals surface area contributed by atoms with E-state index in [4.69, 9.17) is 9.47 Å². The molecule has 0 spiro atoms. The summed E-state index contributed by atoms with van der Waals surface area (Å²) in [7, 11) is 3.12. The Balaban J connectivity index is 2.44. The average molecular weight is 282 g/mol. The molecule has 3 aromatic carbocycles. The summed E-state index contributed by atoms with van der Waals surface area (Å²) in [6.07, 6.45) is 0. The van der Waals surface area contributed by atoms with Crippen molar-refractivity contribution in [2.24, 2.45) is 0 Å². The van der Waals surface area contributed by atoms with Crippen LogP contribution in [0, 0.1) is 5.82 Å². The van der Waals surface area contributed by atoms with Crippen molar-refractivity contribution in [3.05, 3.63) is 60.4 Å². The number of hydrogen-bond acceptors (Lipinski definition) is 2. The van der Waals surface area contributed by atoms with Crippen molar-refractivity contribution >= 4 is 10.8 Å². The molecule has 0 heterocycles. The monoisotopic (exact) mass is 282 g/mol. The molecule has 0 aliphatic carbocycles. The van der Waals surface area contributed by atoms with E-state index in [1.807, 2.05) is 36.4 Å². The predicted octanol–water partition coefficient (Wildman–Crippen LogP) is 4.66. The van der Waals surface area contributed by atoms with Crippen molar-refractivity contribution in [3.63, 3.8) is 0 Å². The Morgan fingerprint density at radius 1 is 0.714 bits per heavy atom. The third kappa shape index (κ3) is 2.21. The summed E-state index contributed by atoms with van der Waals surface area (Å²) in [4.78, 5) is 0. The van der Waals surface area contributed by atoms with Gasteiger partial charge in [-0.25, -0.2) is 4.39 Å². The molecule has 0 bridgehead atoms. The van der Waals surface area contributed by atoms with Crippen LogP contribution in [0.3, 0.4) is 0 Å². The molecular weight excluding hydrogens is 267 g/mol. The van der Waals surface area contributed by atoms with Crippen molar-refractivity contribution < 1.29 is 13.9 Å². The normalized spacial score (nSPS) is 10.6. The molecule has 0 aromatic heterocycles. The highest BCUT2D eigenvalue weighted by Crippen LogP contribution is 2.42. The maximum atomic E-state index is 14.4. The number of methoxy groups -OCH3 is 2. The largest absolute Gasteiger partial charge is 0.496 e. The number of halogens is 1. The molecule has 3 aromatic rings. The second kappa shape index (κ2) is 5.44. The lowest BCUT2D eigenvalue weighted by molar-refractivity contribution is 0.408. The van der Waals surface area contributed by atoms with Crippen LogP contribution in [0.2, 0.25) is 0 Å². The van der Waals surface area contributed by atoms with Gasteiger partial charge in [0.15, 0.2) is 0 Å². The van der Waals surface area contributed by atoms with Gasteiger partial charge in [0, 0.05) is 5.56 Å². The zero-order chi connectivity index (χ0) is 14.8. The van der Waals surface area contributed by atoms with E-state index >= 15 is 0 Å². The minimum atomic E-state index is -0.330. The van der Waals surface area contributed by atoms with Crippen LogP contribution in [-0.2, 0) is 0 Å². The van der Waals surface area contributed by atoms with Gasteiger partial charge in [0.1, 0.15) is 17.3 Å². The fourth-order valence-corrected chi connectivity index (χ4v) is 2.60. The molecule has 0 radical (unpaired) electrons. The van der Waals surface area contributed by atoms with Gasteiger partial charge in [0.25, 0.3) is 0 Å². The van der Waals surface area contributed by atoms with Crippen LogP contribution in [0.4, 0.5) is 4.39 Å². The van der Waals surface area contributed by atoms with E-state index in [9.17, 15) is 4.39 Å². The van der Waals surface area contributed by atoms with Gasteiger partial charge in [0.2, 0.25) is 0 Å². The van der Waals surface area contributed by atoms with Gasteiger partial charge in [-0.2, -0.15) is 0 Å². The van der Waals surface area contributed by atoms with Crippen LogP contribution in [-0.4, -0.2) is 14.2 Å². The van der Waals surface area contributed by atoms with E-state index in [-0.39, 0.29) is 5.82 Å². The van der Waals surface area contributed by atoms with Crippen molar-refractivity contribution in [1.82, 2.24) is 0 Å². The van der Waals surface area contributed by atoms with Crippen LogP contribution in [0.25, 0.3) is 21.9 Å². The van der Waals surface area contributed by atoms with E-state index in [1.165, 1.54) is 13.2 Å². The topological polar surface area (TPSA) is 18.5 Å². The second-order valence-corrected chi connectivity index (χ2v) is 4.68. The number of ether oxygens (including phenoxy) is 2. The summed E-state index contributed by atoms with van der Waals surface area (Å²) in [6.45, 7) is 0. The lowest BCUT2D eigenvalue weighted by Gasteiger charge is -2.15. The van der Waals surface area contributed by atoms with E-state index < -0.39 is 0 Å². The molecule has 0 saturated heterocycles. The number of hydrogen-bond donors (Lipinski definition) is 0. The van der Waals surface area contributed by atoms with Crippen LogP contribution in [0.15, 0.2) is 54.6 Å².